The number of hydrogen-bond donors (Lipinski definition) is 2. The molecule has 1 fully saturated rings. The van der Waals surface area contributed by atoms with Crippen LogP contribution in [0, 0.1) is 0 Å². The maximum Gasteiger partial charge on any atom is 0.326 e. The van der Waals surface area contributed by atoms with Crippen LogP contribution >= 0.6 is 11.6 Å². The molecule has 0 aliphatic carbocycles. The fraction of sp³-hybridized carbons (Fsp3) is 0.438. The molecule has 1 atom stereocenters. The molecule has 1 aliphatic rings. The van der Waals surface area contributed by atoms with Crippen LogP contribution < -0.4 is 5.32 Å². The molecular weight excluding hydrogens is 320 g/mol. The lowest BCUT2D eigenvalue weighted by atomic mass is 10.2. The number of nitrogens with one attached hydrogen (secondary N) is 1. The highest BCUT2D eigenvalue weighted by Gasteiger charge is 2.33. The first-order chi connectivity index (χ1) is 11.0. The van der Waals surface area contributed by atoms with Crippen molar-refractivity contribution >= 4 is 29.4 Å². The van der Waals surface area contributed by atoms with E-state index in [1.807, 2.05) is 12.1 Å². The van der Waals surface area contributed by atoms with Gasteiger partial charge in [-0.1, -0.05) is 23.7 Å². The molecule has 23 heavy (non-hydrogen) atoms. The third-order valence-corrected chi connectivity index (χ3v) is 4.08. The average Bonchev–Trinajstić information content (AvgIpc) is 3.02. The van der Waals surface area contributed by atoms with E-state index >= 15 is 0 Å². The van der Waals surface area contributed by atoms with Crippen molar-refractivity contribution in [2.75, 3.05) is 6.54 Å². The Hall–Kier alpha value is -2.08. The lowest BCUT2D eigenvalue weighted by molar-refractivity contribution is -0.148. The number of benzene rings is 1. The molecule has 0 saturated carbocycles. The second-order valence-electron chi connectivity index (χ2n) is 5.49. The normalized spacial score (nSPS) is 17.1. The Morgan fingerprint density at radius 1 is 1.22 bits per heavy atom. The van der Waals surface area contributed by atoms with Gasteiger partial charge in [-0.25, -0.2) is 4.79 Å². The van der Waals surface area contributed by atoms with Crippen molar-refractivity contribution in [3.63, 3.8) is 0 Å². The van der Waals surface area contributed by atoms with Crippen LogP contribution in [0.4, 0.5) is 0 Å². The Kier molecular flexibility index (Phi) is 5.98. The number of nitrogens with zero attached hydrogens (tertiary/aromatic N) is 1. The van der Waals surface area contributed by atoms with E-state index in [4.69, 9.17) is 16.7 Å². The number of carbonyl (C=O) groups excluding carboxylic acids is 2. The van der Waals surface area contributed by atoms with Gasteiger partial charge in [0.15, 0.2) is 0 Å². The Bertz CT molecular complexity index is 588. The molecule has 1 aliphatic heterocycles. The van der Waals surface area contributed by atoms with Crippen molar-refractivity contribution in [2.45, 2.75) is 38.3 Å². The molecule has 6 nitrogen and oxygen atoms in total. The minimum atomic E-state index is -0.983. The van der Waals surface area contributed by atoms with E-state index in [1.54, 1.807) is 12.1 Å². The molecular formula is C16H19ClN2O4. The zero-order chi connectivity index (χ0) is 16.8. The summed E-state index contributed by atoms with van der Waals surface area (Å²) in [6, 6.07) is 6.36. The van der Waals surface area contributed by atoms with Gasteiger partial charge >= 0.3 is 5.97 Å². The fourth-order valence-corrected chi connectivity index (χ4v) is 2.70. The second-order valence-corrected chi connectivity index (χ2v) is 5.92. The van der Waals surface area contributed by atoms with Gasteiger partial charge in [-0.2, -0.15) is 0 Å². The first-order valence-electron chi connectivity index (χ1n) is 7.51. The SMILES string of the molecule is O=C(CCC(=O)N1CCC[C@H]1C(=O)O)NCc1ccc(Cl)cc1. The number of carbonyl (C=O) groups is 3. The number of aliphatic carboxylic acids is 1. The molecule has 0 aromatic heterocycles. The van der Waals surface area contributed by atoms with E-state index in [1.165, 1.54) is 4.90 Å². The van der Waals surface area contributed by atoms with E-state index in [9.17, 15) is 14.4 Å². The maximum absolute atomic E-state index is 12.0. The summed E-state index contributed by atoms with van der Waals surface area (Å²) in [5.41, 5.74) is 0.916. The van der Waals surface area contributed by atoms with Crippen LogP contribution in [0.5, 0.6) is 0 Å². The van der Waals surface area contributed by atoms with E-state index < -0.39 is 12.0 Å². The number of hydrogen-bond acceptors (Lipinski definition) is 3. The minimum absolute atomic E-state index is 0.0240. The largest absolute Gasteiger partial charge is 0.480 e. The summed E-state index contributed by atoms with van der Waals surface area (Å²) < 4.78 is 0. The summed E-state index contributed by atoms with van der Waals surface area (Å²) in [6.07, 6.45) is 1.24. The van der Waals surface area contributed by atoms with Crippen molar-refractivity contribution in [1.29, 1.82) is 0 Å². The lowest BCUT2D eigenvalue weighted by Gasteiger charge is -2.21. The molecule has 1 aromatic rings. The molecule has 1 saturated heterocycles. The van der Waals surface area contributed by atoms with Crippen molar-refractivity contribution in [3.05, 3.63) is 34.9 Å². The highest BCUT2D eigenvalue weighted by Crippen LogP contribution is 2.18. The molecule has 0 bridgehead atoms. The second kappa shape index (κ2) is 7.97. The summed E-state index contributed by atoms with van der Waals surface area (Å²) >= 11 is 5.78. The molecule has 2 amide bonds. The van der Waals surface area contributed by atoms with Gasteiger partial charge in [0.1, 0.15) is 6.04 Å². The summed E-state index contributed by atoms with van der Waals surface area (Å²) in [5.74, 6) is -1.50. The zero-order valence-electron chi connectivity index (χ0n) is 12.6. The number of carboxylic acid groups (broad SMARTS) is 1. The molecule has 1 heterocycles. The van der Waals surface area contributed by atoms with Crippen molar-refractivity contribution in [3.8, 4) is 0 Å². The Balaban J connectivity index is 1.74. The van der Waals surface area contributed by atoms with Crippen LogP contribution in [0.2, 0.25) is 5.02 Å². The number of amides is 2. The standard InChI is InChI=1S/C16H19ClN2O4/c17-12-5-3-11(4-6-12)10-18-14(20)7-8-15(21)19-9-1-2-13(19)16(22)23/h3-6,13H,1-2,7-10H2,(H,18,20)(H,22,23)/t13-/m0/s1. The van der Waals surface area contributed by atoms with Crippen molar-refractivity contribution in [2.24, 2.45) is 0 Å². The lowest BCUT2D eigenvalue weighted by Crippen LogP contribution is -2.40. The molecule has 2 N–H and O–H groups in total. The Morgan fingerprint density at radius 3 is 2.57 bits per heavy atom. The maximum atomic E-state index is 12.0. The van der Waals surface area contributed by atoms with Crippen LogP contribution in [-0.2, 0) is 20.9 Å². The van der Waals surface area contributed by atoms with E-state index in [0.29, 0.717) is 31.0 Å². The van der Waals surface area contributed by atoms with Gasteiger partial charge in [0.2, 0.25) is 11.8 Å². The monoisotopic (exact) mass is 338 g/mol. The molecule has 7 heteroatoms. The third kappa shape index (κ3) is 4.96. The molecule has 2 rings (SSSR count). The number of carboxylic acids is 1. The van der Waals surface area contributed by atoms with Gasteiger partial charge < -0.3 is 15.3 Å². The number of likely N-dealkylation sites (tertiary alicyclic amines) is 1. The zero-order valence-corrected chi connectivity index (χ0v) is 13.4. The first kappa shape index (κ1) is 17.3. The average molecular weight is 339 g/mol. The van der Waals surface area contributed by atoms with Crippen molar-refractivity contribution in [1.82, 2.24) is 10.2 Å². The summed E-state index contributed by atoms with van der Waals surface area (Å²) in [4.78, 5) is 36.2. The summed E-state index contributed by atoms with van der Waals surface area (Å²) in [7, 11) is 0. The van der Waals surface area contributed by atoms with Gasteiger partial charge in [0.05, 0.1) is 0 Å². The molecule has 1 aromatic carbocycles. The fourth-order valence-electron chi connectivity index (χ4n) is 2.58. The van der Waals surface area contributed by atoms with Crippen LogP contribution in [-0.4, -0.2) is 40.4 Å². The highest BCUT2D eigenvalue weighted by atomic mass is 35.5. The summed E-state index contributed by atoms with van der Waals surface area (Å²) in [6.45, 7) is 0.813. The number of rotatable bonds is 6. The molecule has 0 spiro atoms. The number of halogens is 1. The van der Waals surface area contributed by atoms with E-state index in [-0.39, 0.29) is 24.7 Å². The molecule has 0 radical (unpaired) electrons. The third-order valence-electron chi connectivity index (χ3n) is 3.83. The van der Waals surface area contributed by atoms with Gasteiger partial charge in [0, 0.05) is 31.0 Å². The van der Waals surface area contributed by atoms with E-state index in [2.05, 4.69) is 5.32 Å². The predicted molar refractivity (Wildman–Crippen MR) is 84.9 cm³/mol. The van der Waals surface area contributed by atoms with Gasteiger partial charge in [0.25, 0.3) is 0 Å². The van der Waals surface area contributed by atoms with Crippen LogP contribution in [0.3, 0.4) is 0 Å². The van der Waals surface area contributed by atoms with E-state index in [0.717, 1.165) is 5.56 Å². The Labute approximate surface area is 139 Å². The van der Waals surface area contributed by atoms with Crippen LogP contribution in [0.25, 0.3) is 0 Å². The molecule has 0 unspecified atom stereocenters. The highest BCUT2D eigenvalue weighted by molar-refractivity contribution is 6.30. The predicted octanol–water partition coefficient (Wildman–Crippen LogP) is 1.81. The smallest absolute Gasteiger partial charge is 0.326 e. The Morgan fingerprint density at radius 2 is 1.91 bits per heavy atom. The first-order valence-corrected chi connectivity index (χ1v) is 7.88. The van der Waals surface area contributed by atoms with Gasteiger partial charge in [-0.15, -0.1) is 0 Å². The van der Waals surface area contributed by atoms with Crippen molar-refractivity contribution < 1.29 is 19.5 Å². The minimum Gasteiger partial charge on any atom is -0.480 e. The van der Waals surface area contributed by atoms with Gasteiger partial charge in [-0.3, -0.25) is 9.59 Å². The summed E-state index contributed by atoms with van der Waals surface area (Å²) in [5, 5.41) is 12.4. The van der Waals surface area contributed by atoms with Crippen LogP contribution in [0.1, 0.15) is 31.2 Å². The van der Waals surface area contributed by atoms with Gasteiger partial charge in [-0.05, 0) is 30.5 Å². The van der Waals surface area contributed by atoms with Crippen LogP contribution in [0.15, 0.2) is 24.3 Å². The molecule has 124 valence electrons. The quantitative estimate of drug-likeness (QED) is 0.828. The topological polar surface area (TPSA) is 86.7 Å².